The average Bonchev–Trinajstić information content (AvgIpc) is 3.26. The fourth-order valence-electron chi connectivity index (χ4n) is 2.86. The molecule has 2 heterocycles. The largest absolute Gasteiger partial charge is 0.378 e. The number of hydrogen-bond acceptors (Lipinski definition) is 4. The van der Waals surface area contributed by atoms with Crippen LogP contribution in [0.15, 0.2) is 34.3 Å². The topological polar surface area (TPSA) is 61.4 Å². The van der Waals surface area contributed by atoms with Crippen LogP contribution >= 0.6 is 22.7 Å². The first-order chi connectivity index (χ1) is 10.7. The molecular weight excluding hydrogens is 316 g/mol. The van der Waals surface area contributed by atoms with Crippen LogP contribution in [-0.4, -0.2) is 23.7 Å². The summed E-state index contributed by atoms with van der Waals surface area (Å²) >= 11 is 3.04. The van der Waals surface area contributed by atoms with Crippen molar-refractivity contribution in [2.45, 2.75) is 37.3 Å². The van der Waals surface area contributed by atoms with Crippen molar-refractivity contribution in [1.29, 1.82) is 0 Å². The molecule has 0 aliphatic heterocycles. The number of amides is 2. The normalized spacial score (nSPS) is 18.0. The van der Waals surface area contributed by atoms with E-state index in [2.05, 4.69) is 10.6 Å². The lowest BCUT2D eigenvalue weighted by atomic mass is 9.94. The van der Waals surface area contributed by atoms with E-state index in [0.717, 1.165) is 23.3 Å². The number of nitrogens with one attached hydrogen (secondary N) is 2. The monoisotopic (exact) mass is 336 g/mol. The van der Waals surface area contributed by atoms with Gasteiger partial charge in [0.2, 0.25) is 0 Å². The maximum Gasteiger partial charge on any atom is 0.315 e. The summed E-state index contributed by atoms with van der Waals surface area (Å²) in [7, 11) is 0. The van der Waals surface area contributed by atoms with Gasteiger partial charge in [0, 0.05) is 16.5 Å². The third kappa shape index (κ3) is 3.34. The van der Waals surface area contributed by atoms with Crippen LogP contribution in [0, 0.1) is 0 Å². The Morgan fingerprint density at radius 1 is 1.32 bits per heavy atom. The summed E-state index contributed by atoms with van der Waals surface area (Å²) < 4.78 is 0. The molecule has 1 saturated carbocycles. The molecule has 2 aromatic rings. The van der Waals surface area contributed by atoms with Gasteiger partial charge in [-0.05, 0) is 41.1 Å². The van der Waals surface area contributed by atoms with Crippen LogP contribution in [0.25, 0.3) is 0 Å². The Labute approximate surface area is 138 Å². The summed E-state index contributed by atoms with van der Waals surface area (Å²) in [6.45, 7) is 0.169. The predicted octanol–water partition coefficient (Wildman–Crippen LogP) is 3.29. The Balaban J connectivity index is 1.67. The average molecular weight is 336 g/mol. The van der Waals surface area contributed by atoms with Crippen LogP contribution in [0.1, 0.15) is 36.1 Å². The van der Waals surface area contributed by atoms with Gasteiger partial charge >= 0.3 is 6.03 Å². The molecule has 0 spiro atoms. The Hall–Kier alpha value is -1.37. The number of rotatable bonds is 5. The molecule has 6 heteroatoms. The lowest BCUT2D eigenvalue weighted by molar-refractivity contribution is 0.0862. The van der Waals surface area contributed by atoms with Gasteiger partial charge in [-0.15, -0.1) is 11.3 Å². The van der Waals surface area contributed by atoms with Crippen molar-refractivity contribution in [2.75, 3.05) is 6.54 Å². The molecule has 1 aliphatic rings. The van der Waals surface area contributed by atoms with Crippen molar-refractivity contribution in [3.63, 3.8) is 0 Å². The van der Waals surface area contributed by atoms with Crippen LogP contribution in [0.4, 0.5) is 4.79 Å². The maximum atomic E-state index is 12.1. The lowest BCUT2D eigenvalue weighted by Crippen LogP contribution is -2.47. The Kier molecular flexibility index (Phi) is 4.81. The van der Waals surface area contributed by atoms with E-state index in [1.807, 2.05) is 34.3 Å². The van der Waals surface area contributed by atoms with Gasteiger partial charge in [0.15, 0.2) is 0 Å². The van der Waals surface area contributed by atoms with Crippen LogP contribution < -0.4 is 10.6 Å². The molecule has 2 amide bonds. The highest BCUT2D eigenvalue weighted by Crippen LogP contribution is 2.33. The number of hydrogen-bond donors (Lipinski definition) is 3. The summed E-state index contributed by atoms with van der Waals surface area (Å²) in [6.07, 6.45) is 4.46. The summed E-state index contributed by atoms with van der Waals surface area (Å²) in [5.74, 6) is 0. The first-order valence-electron chi connectivity index (χ1n) is 7.52. The second kappa shape index (κ2) is 6.81. The molecule has 1 aliphatic carbocycles. The Morgan fingerprint density at radius 3 is 2.77 bits per heavy atom. The van der Waals surface area contributed by atoms with E-state index in [1.165, 1.54) is 24.2 Å². The zero-order valence-corrected chi connectivity index (χ0v) is 13.9. The zero-order valence-electron chi connectivity index (χ0n) is 12.2. The minimum absolute atomic E-state index is 0.169. The van der Waals surface area contributed by atoms with Crippen LogP contribution in [0.2, 0.25) is 0 Å². The zero-order chi connectivity index (χ0) is 15.4. The molecule has 0 aromatic carbocycles. The van der Waals surface area contributed by atoms with Gasteiger partial charge in [-0.25, -0.2) is 4.79 Å². The molecule has 3 rings (SSSR count). The lowest BCUT2D eigenvalue weighted by Gasteiger charge is -2.27. The van der Waals surface area contributed by atoms with Gasteiger partial charge in [0.25, 0.3) is 0 Å². The summed E-state index contributed by atoms with van der Waals surface area (Å²) in [5.41, 5.74) is -0.345. The smallest absolute Gasteiger partial charge is 0.315 e. The predicted molar refractivity (Wildman–Crippen MR) is 90.4 cm³/mol. The molecule has 0 radical (unpaired) electrons. The van der Waals surface area contributed by atoms with Crippen molar-refractivity contribution in [3.8, 4) is 0 Å². The molecular formula is C16H20N2O2S2. The summed E-state index contributed by atoms with van der Waals surface area (Å²) in [4.78, 5) is 12.9. The molecule has 0 unspecified atom stereocenters. The Morgan fingerprint density at radius 2 is 2.14 bits per heavy atom. The highest BCUT2D eigenvalue weighted by atomic mass is 32.1. The van der Waals surface area contributed by atoms with Crippen LogP contribution in [0.3, 0.4) is 0 Å². The molecule has 0 saturated heterocycles. The van der Waals surface area contributed by atoms with Gasteiger partial charge in [-0.3, -0.25) is 0 Å². The molecule has 3 N–H and O–H groups in total. The number of thiophene rings is 2. The van der Waals surface area contributed by atoms with Crippen LogP contribution in [0.5, 0.6) is 0 Å². The molecule has 4 nitrogen and oxygen atoms in total. The van der Waals surface area contributed by atoms with Crippen molar-refractivity contribution >= 4 is 28.7 Å². The Bertz CT molecular complexity index is 555. The van der Waals surface area contributed by atoms with E-state index in [4.69, 9.17) is 0 Å². The van der Waals surface area contributed by atoms with Gasteiger partial charge in [-0.1, -0.05) is 18.9 Å². The van der Waals surface area contributed by atoms with Gasteiger partial charge in [0.05, 0.1) is 6.54 Å². The minimum atomic E-state index is -1.17. The van der Waals surface area contributed by atoms with Crippen molar-refractivity contribution in [1.82, 2.24) is 10.6 Å². The van der Waals surface area contributed by atoms with E-state index >= 15 is 0 Å². The first kappa shape index (κ1) is 15.5. The molecule has 22 heavy (non-hydrogen) atoms. The molecule has 0 bridgehead atoms. The second-order valence-corrected chi connectivity index (χ2v) is 7.39. The van der Waals surface area contributed by atoms with E-state index < -0.39 is 5.60 Å². The van der Waals surface area contributed by atoms with Crippen molar-refractivity contribution in [2.24, 2.45) is 0 Å². The highest BCUT2D eigenvalue weighted by Gasteiger charge is 2.33. The fraction of sp³-hybridized carbons (Fsp3) is 0.438. The van der Waals surface area contributed by atoms with Gasteiger partial charge in [-0.2, -0.15) is 11.3 Å². The molecule has 118 valence electrons. The van der Waals surface area contributed by atoms with E-state index in [9.17, 15) is 9.90 Å². The summed E-state index contributed by atoms with van der Waals surface area (Å²) in [5, 5.41) is 22.7. The van der Waals surface area contributed by atoms with E-state index in [0.29, 0.717) is 0 Å². The quantitative estimate of drug-likeness (QED) is 0.784. The SMILES string of the molecule is O=C(NC[C@](O)(c1ccsc1)c1cccs1)NC1CCCC1. The van der Waals surface area contributed by atoms with Gasteiger partial charge < -0.3 is 15.7 Å². The third-order valence-electron chi connectivity index (χ3n) is 4.12. The first-order valence-corrected chi connectivity index (χ1v) is 9.34. The molecule has 2 aromatic heterocycles. The highest BCUT2D eigenvalue weighted by molar-refractivity contribution is 7.10. The van der Waals surface area contributed by atoms with Crippen LogP contribution in [-0.2, 0) is 5.60 Å². The standard InChI is InChI=1S/C16H20N2O2S2/c19-15(18-13-4-1-2-5-13)17-11-16(20,12-7-9-21-10-12)14-6-3-8-22-14/h3,6-10,13,20H,1-2,4-5,11H2,(H2,17,18,19)/t16-/m0/s1. The minimum Gasteiger partial charge on any atom is -0.378 e. The molecule has 1 fully saturated rings. The second-order valence-electron chi connectivity index (χ2n) is 5.66. The van der Waals surface area contributed by atoms with E-state index in [-0.39, 0.29) is 18.6 Å². The maximum absolute atomic E-state index is 12.1. The van der Waals surface area contributed by atoms with Crippen molar-refractivity contribution < 1.29 is 9.90 Å². The molecule has 1 atom stereocenters. The number of aliphatic hydroxyl groups is 1. The number of urea groups is 1. The third-order valence-corrected chi connectivity index (χ3v) is 5.83. The number of carbonyl (C=O) groups excluding carboxylic acids is 1. The van der Waals surface area contributed by atoms with Crippen molar-refractivity contribution in [3.05, 3.63) is 44.8 Å². The van der Waals surface area contributed by atoms with E-state index in [1.54, 1.807) is 11.3 Å². The van der Waals surface area contributed by atoms with Gasteiger partial charge in [0.1, 0.15) is 5.60 Å². The summed E-state index contributed by atoms with van der Waals surface area (Å²) in [6, 6.07) is 5.79. The number of carbonyl (C=O) groups is 1. The fourth-order valence-corrected chi connectivity index (χ4v) is 4.43.